The molecule has 0 saturated carbocycles. The molecule has 0 unspecified atom stereocenters. The molecule has 0 atom stereocenters. The molecule has 2 nitrogen and oxygen atoms in total. The van der Waals surface area contributed by atoms with E-state index in [-0.39, 0.29) is 29.6 Å². The molecule has 0 heterocycles. The summed E-state index contributed by atoms with van der Waals surface area (Å²) in [5.41, 5.74) is 0. The summed E-state index contributed by atoms with van der Waals surface area (Å²) in [4.78, 5) is 20.9. The maximum absolute atomic E-state index is 10.5. The molecule has 19 heavy (non-hydrogen) atoms. The summed E-state index contributed by atoms with van der Waals surface area (Å²) in [7, 11) is 0. The van der Waals surface area contributed by atoms with Crippen molar-refractivity contribution in [3.05, 3.63) is 0 Å². The van der Waals surface area contributed by atoms with Gasteiger partial charge < -0.3 is 0 Å². The van der Waals surface area contributed by atoms with Gasteiger partial charge in [-0.05, 0) is 0 Å². The van der Waals surface area contributed by atoms with Crippen LogP contribution in [0.4, 0.5) is 0 Å². The summed E-state index contributed by atoms with van der Waals surface area (Å²) < 4.78 is 0.926. The minimum atomic E-state index is 0. The van der Waals surface area contributed by atoms with E-state index in [0.717, 1.165) is 81.5 Å². The zero-order chi connectivity index (χ0) is 14.2. The Morgan fingerprint density at radius 1 is 0.684 bits per heavy atom. The van der Waals surface area contributed by atoms with Crippen LogP contribution in [-0.2, 0) is 9.59 Å². The first-order valence-corrected chi connectivity index (χ1v) is 9.53. The first kappa shape index (κ1) is 26.2. The molecule has 0 aliphatic carbocycles. The summed E-state index contributed by atoms with van der Waals surface area (Å²) >= 11 is 1.50. The summed E-state index contributed by atoms with van der Waals surface area (Å²) in [6.07, 6.45) is 11.5. The van der Waals surface area contributed by atoms with E-state index in [9.17, 15) is 9.59 Å². The molecule has 0 aromatic rings. The molecule has 0 aliphatic rings. The van der Waals surface area contributed by atoms with E-state index in [2.05, 4.69) is 13.8 Å². The smallest absolute Gasteiger partial charge is 0 e. The third-order valence-electron chi connectivity index (χ3n) is 2.76. The molecule has 0 spiro atoms. The van der Waals surface area contributed by atoms with Crippen molar-refractivity contribution in [2.45, 2.75) is 78.1 Å². The van der Waals surface area contributed by atoms with Crippen LogP contribution in [0.3, 0.4) is 0 Å². The molecule has 0 aromatic carbocycles. The minimum absolute atomic E-state index is 0. The molecule has 0 saturated heterocycles. The Morgan fingerprint density at radius 3 is 1.37 bits per heavy atom. The van der Waals surface area contributed by atoms with Crippen LogP contribution in [-0.4, -0.2) is 91.5 Å². The van der Waals surface area contributed by atoms with Crippen LogP contribution in [0.1, 0.15) is 78.1 Å². The van der Waals surface area contributed by atoms with E-state index >= 15 is 0 Å². The maximum atomic E-state index is 10.5. The molecule has 97 valence electrons. The predicted octanol–water partition coefficient (Wildman–Crippen LogP) is 2.92. The van der Waals surface area contributed by atoms with Crippen LogP contribution < -0.4 is 0 Å². The van der Waals surface area contributed by atoms with Gasteiger partial charge in [0.15, 0.2) is 0 Å². The van der Waals surface area contributed by atoms with E-state index in [1.807, 2.05) is 0 Å². The van der Waals surface area contributed by atoms with Crippen molar-refractivity contribution in [2.24, 2.45) is 0 Å². The number of hydrogen-bond donors (Lipinski definition) is 0. The molecule has 0 bridgehead atoms. The predicted molar refractivity (Wildman–Crippen MR) is 84.8 cm³/mol. The van der Waals surface area contributed by atoms with Crippen LogP contribution in [0.15, 0.2) is 0 Å². The second-order valence-corrected chi connectivity index (χ2v) is 7.26. The molecule has 0 aliphatic heterocycles. The van der Waals surface area contributed by atoms with Gasteiger partial charge in [-0.15, -0.1) is 0 Å². The fraction of sp³-hybridized carbons (Fsp3) is 0.857. The van der Waals surface area contributed by atoms with Gasteiger partial charge in [0, 0.05) is 29.6 Å². The zero-order valence-corrected chi connectivity index (χ0v) is 19.9. The van der Waals surface area contributed by atoms with Gasteiger partial charge in [0.2, 0.25) is 0 Å². The third-order valence-corrected chi connectivity index (χ3v) is 3.76. The van der Waals surface area contributed by atoms with Crippen LogP contribution in [0.25, 0.3) is 0 Å². The van der Waals surface area contributed by atoms with Crippen LogP contribution in [0, 0.1) is 0 Å². The Hall–Kier alpha value is 2.34. The van der Waals surface area contributed by atoms with Gasteiger partial charge in [-0.1, -0.05) is 0 Å². The van der Waals surface area contributed by atoms with Gasteiger partial charge in [0.1, 0.15) is 0 Å². The number of hydrogen-bond acceptors (Lipinski definition) is 2. The summed E-state index contributed by atoms with van der Waals surface area (Å²) in [6, 6.07) is 0. The standard InChI is InChI=1S/C8H15O.C6H11O.3Na/c1-2-3-4-5-6-7-8-9;1-2-3-4-5-6-7;;;/h2-7H2,1H3;2-5H2,1H3;;;. The molecule has 0 aromatic heterocycles. The molecule has 0 rings (SSSR count). The second-order valence-electron chi connectivity index (χ2n) is 5.03. The molecule has 1 radical (unpaired) electrons. The normalized spacial score (nSPS) is 9.16. The largest absolute Gasteiger partial charge is 0 e. The van der Waals surface area contributed by atoms with Crippen molar-refractivity contribution in [3.63, 3.8) is 0 Å². The van der Waals surface area contributed by atoms with E-state index in [4.69, 9.17) is 0 Å². The fourth-order valence-electron chi connectivity index (χ4n) is 1.60. The van der Waals surface area contributed by atoms with Gasteiger partial charge >= 0.3 is 150 Å². The Kier molecular flexibility index (Phi) is 31.2. The Bertz CT molecular complexity index is 209. The van der Waals surface area contributed by atoms with Gasteiger partial charge in [-0.2, -0.15) is 0 Å². The Morgan fingerprint density at radius 2 is 1.00 bits per heavy atom. The van der Waals surface area contributed by atoms with Gasteiger partial charge in [0.25, 0.3) is 0 Å². The SMILES string of the molecule is CCCCCCC[C](=O)[Na].CCCCC[C](=O)[Na].[Na]. The zero-order valence-electron chi connectivity index (χ0n) is 13.9. The quantitative estimate of drug-likeness (QED) is 0.459. The van der Waals surface area contributed by atoms with E-state index in [1.165, 1.54) is 38.5 Å². The fourth-order valence-corrected chi connectivity index (χ4v) is 2.31. The summed E-state index contributed by atoms with van der Waals surface area (Å²) in [6.45, 7) is 4.36. The van der Waals surface area contributed by atoms with Crippen LogP contribution in [0.2, 0.25) is 0 Å². The van der Waals surface area contributed by atoms with Crippen LogP contribution >= 0.6 is 0 Å². The number of carbonyl (C=O) groups is 2. The molecule has 5 heteroatoms. The maximum Gasteiger partial charge on any atom is 0 e. The third kappa shape index (κ3) is 33.3. The molecule has 0 fully saturated rings. The molecule has 0 amide bonds. The van der Waals surface area contributed by atoms with Crippen molar-refractivity contribution in [1.82, 2.24) is 0 Å². The second kappa shape index (κ2) is 22.6. The van der Waals surface area contributed by atoms with Gasteiger partial charge in [-0.3, -0.25) is 0 Å². The van der Waals surface area contributed by atoms with E-state index in [1.54, 1.807) is 0 Å². The van der Waals surface area contributed by atoms with Crippen molar-refractivity contribution < 1.29 is 9.59 Å². The molecule has 0 N–H and O–H groups in total. The van der Waals surface area contributed by atoms with Gasteiger partial charge in [0.05, 0.1) is 0 Å². The Labute approximate surface area is 176 Å². The Balaban J connectivity index is -0.000000262. The van der Waals surface area contributed by atoms with Crippen molar-refractivity contribution in [1.29, 1.82) is 0 Å². The first-order valence-electron chi connectivity index (χ1n) is 7.53. The first-order chi connectivity index (χ1) is 8.54. The van der Waals surface area contributed by atoms with Crippen molar-refractivity contribution >= 4 is 91.5 Å². The van der Waals surface area contributed by atoms with E-state index < -0.39 is 0 Å². The molecular weight excluding hydrogens is 269 g/mol. The number of carbonyl (C=O) groups excluding carboxylic acids is 2. The average molecular weight is 295 g/mol. The topological polar surface area (TPSA) is 34.1 Å². The van der Waals surface area contributed by atoms with Gasteiger partial charge in [-0.25, -0.2) is 0 Å². The number of unbranched alkanes of at least 4 members (excludes halogenated alkanes) is 6. The molecular formula is C14H26Na3O2. The summed E-state index contributed by atoms with van der Waals surface area (Å²) in [5.74, 6) is 0. The summed E-state index contributed by atoms with van der Waals surface area (Å²) in [5, 5.41) is 0. The van der Waals surface area contributed by atoms with E-state index in [0.29, 0.717) is 6.07 Å². The minimum Gasteiger partial charge on any atom is 0 e. The average Bonchev–Trinajstić information content (AvgIpc) is 2.29. The van der Waals surface area contributed by atoms with Crippen LogP contribution in [0.5, 0.6) is 0 Å². The number of rotatable bonds is 10. The monoisotopic (exact) mass is 295 g/mol. The van der Waals surface area contributed by atoms with Crippen molar-refractivity contribution in [3.8, 4) is 0 Å². The van der Waals surface area contributed by atoms with Crippen molar-refractivity contribution in [2.75, 3.05) is 0 Å².